The summed E-state index contributed by atoms with van der Waals surface area (Å²) in [4.78, 5) is 24.1. The number of aryl methyl sites for hydroxylation is 1. The van der Waals surface area contributed by atoms with Gasteiger partial charge in [-0.25, -0.2) is 9.59 Å². The van der Waals surface area contributed by atoms with Gasteiger partial charge in [0.2, 0.25) is 0 Å². The number of hydrogen-bond acceptors (Lipinski definition) is 6. The predicted molar refractivity (Wildman–Crippen MR) is 182 cm³/mol. The minimum Gasteiger partial charge on any atom is -0.445 e. The molecular formula is C38H48O5S. The molecule has 3 aromatic rings. The third-order valence-corrected chi connectivity index (χ3v) is 8.22. The SMILES string of the molecule is CCCCCCCCCCCCc1ccccc1C(=S)Oc1ccc(-c2ccc(C(=O)OC(=O)OC[C@@H](C)CC)cc2)cc1. The van der Waals surface area contributed by atoms with Gasteiger partial charge in [-0.2, -0.15) is 0 Å². The van der Waals surface area contributed by atoms with Crippen LogP contribution >= 0.6 is 12.2 Å². The van der Waals surface area contributed by atoms with Crippen LogP contribution in [0.15, 0.2) is 72.8 Å². The van der Waals surface area contributed by atoms with Crippen molar-refractivity contribution < 1.29 is 23.8 Å². The van der Waals surface area contributed by atoms with Crippen LogP contribution in [0.3, 0.4) is 0 Å². The van der Waals surface area contributed by atoms with Crippen molar-refractivity contribution in [2.24, 2.45) is 5.92 Å². The lowest BCUT2D eigenvalue weighted by Gasteiger charge is -2.12. The Morgan fingerprint density at radius 3 is 1.91 bits per heavy atom. The van der Waals surface area contributed by atoms with Crippen LogP contribution in [-0.2, 0) is 15.9 Å². The van der Waals surface area contributed by atoms with E-state index in [2.05, 4.69) is 19.1 Å². The fourth-order valence-electron chi connectivity index (χ4n) is 4.91. The van der Waals surface area contributed by atoms with Crippen LogP contribution in [0.4, 0.5) is 4.79 Å². The zero-order valence-electron chi connectivity index (χ0n) is 26.6. The van der Waals surface area contributed by atoms with Crippen LogP contribution in [0, 0.1) is 5.92 Å². The molecule has 0 aromatic heterocycles. The van der Waals surface area contributed by atoms with E-state index in [1.807, 2.05) is 62.4 Å². The topological polar surface area (TPSA) is 61.8 Å². The lowest BCUT2D eigenvalue weighted by atomic mass is 10.0. The second-order valence-electron chi connectivity index (χ2n) is 11.5. The van der Waals surface area contributed by atoms with Gasteiger partial charge in [0.05, 0.1) is 12.2 Å². The maximum Gasteiger partial charge on any atom is 0.516 e. The third-order valence-electron chi connectivity index (χ3n) is 7.91. The number of thiocarbonyl (C=S) groups is 1. The summed E-state index contributed by atoms with van der Waals surface area (Å²) in [5.74, 6) is 0.138. The van der Waals surface area contributed by atoms with Gasteiger partial charge in [-0.3, -0.25) is 0 Å². The predicted octanol–water partition coefficient (Wildman–Crippen LogP) is 10.9. The highest BCUT2D eigenvalue weighted by atomic mass is 32.1. The average molecular weight is 617 g/mol. The van der Waals surface area contributed by atoms with Gasteiger partial charge in [-0.1, -0.05) is 134 Å². The van der Waals surface area contributed by atoms with E-state index in [0.717, 1.165) is 36.0 Å². The Balaban J connectivity index is 1.46. The second kappa shape index (κ2) is 19.7. The normalized spacial score (nSPS) is 11.5. The van der Waals surface area contributed by atoms with Crippen LogP contribution < -0.4 is 4.74 Å². The van der Waals surface area contributed by atoms with Gasteiger partial charge in [0.15, 0.2) is 5.05 Å². The van der Waals surface area contributed by atoms with Gasteiger partial charge < -0.3 is 14.2 Å². The van der Waals surface area contributed by atoms with E-state index < -0.39 is 12.1 Å². The molecule has 0 spiro atoms. The molecule has 0 amide bonds. The highest BCUT2D eigenvalue weighted by Crippen LogP contribution is 2.25. The van der Waals surface area contributed by atoms with Gasteiger partial charge in [0.25, 0.3) is 0 Å². The smallest absolute Gasteiger partial charge is 0.445 e. The van der Waals surface area contributed by atoms with Gasteiger partial charge in [0.1, 0.15) is 5.75 Å². The molecule has 0 aliphatic heterocycles. The van der Waals surface area contributed by atoms with Crippen molar-refractivity contribution in [3.63, 3.8) is 0 Å². The first-order chi connectivity index (χ1) is 21.4. The molecule has 3 aromatic carbocycles. The highest BCUT2D eigenvalue weighted by molar-refractivity contribution is 7.80. The quantitative estimate of drug-likeness (QED) is 0.0613. The maximum absolute atomic E-state index is 12.3. The number of carbonyl (C=O) groups excluding carboxylic acids is 2. The molecule has 0 radical (unpaired) electrons. The molecule has 0 heterocycles. The largest absolute Gasteiger partial charge is 0.516 e. The first kappa shape index (κ1) is 35.0. The number of carbonyl (C=O) groups is 2. The Kier molecular flexibility index (Phi) is 15.7. The Bertz CT molecular complexity index is 1300. The van der Waals surface area contributed by atoms with Crippen LogP contribution in [-0.4, -0.2) is 23.8 Å². The molecule has 3 rings (SSSR count). The molecule has 0 N–H and O–H groups in total. The molecule has 0 saturated carbocycles. The summed E-state index contributed by atoms with van der Waals surface area (Å²) < 4.78 is 15.9. The molecule has 44 heavy (non-hydrogen) atoms. The summed E-state index contributed by atoms with van der Waals surface area (Å²) in [7, 11) is 0. The molecule has 6 heteroatoms. The summed E-state index contributed by atoms with van der Waals surface area (Å²) in [5.41, 5.74) is 4.36. The van der Waals surface area contributed by atoms with E-state index in [1.165, 1.54) is 63.4 Å². The first-order valence-electron chi connectivity index (χ1n) is 16.3. The van der Waals surface area contributed by atoms with Gasteiger partial charge >= 0.3 is 12.1 Å². The minimum absolute atomic E-state index is 0.208. The molecule has 1 atom stereocenters. The second-order valence-corrected chi connectivity index (χ2v) is 11.9. The lowest BCUT2D eigenvalue weighted by Crippen LogP contribution is -2.17. The van der Waals surface area contributed by atoms with Crippen molar-refractivity contribution in [2.75, 3.05) is 6.61 Å². The first-order valence-corrected chi connectivity index (χ1v) is 16.7. The number of rotatable bonds is 18. The molecule has 0 aliphatic rings. The number of esters is 1. The molecule has 0 fully saturated rings. The van der Waals surface area contributed by atoms with Crippen molar-refractivity contribution >= 4 is 29.4 Å². The molecule has 236 valence electrons. The Hall–Kier alpha value is -3.51. The van der Waals surface area contributed by atoms with Crippen molar-refractivity contribution in [3.8, 4) is 16.9 Å². The van der Waals surface area contributed by atoms with E-state index in [0.29, 0.717) is 10.8 Å². The van der Waals surface area contributed by atoms with Crippen molar-refractivity contribution in [3.05, 3.63) is 89.5 Å². The van der Waals surface area contributed by atoms with E-state index in [9.17, 15) is 9.59 Å². The molecule has 0 unspecified atom stereocenters. The van der Waals surface area contributed by atoms with Crippen molar-refractivity contribution in [1.29, 1.82) is 0 Å². The Morgan fingerprint density at radius 2 is 1.30 bits per heavy atom. The number of ether oxygens (including phenoxy) is 3. The monoisotopic (exact) mass is 616 g/mol. The highest BCUT2D eigenvalue weighted by Gasteiger charge is 2.15. The zero-order chi connectivity index (χ0) is 31.6. The Morgan fingerprint density at radius 1 is 0.727 bits per heavy atom. The lowest BCUT2D eigenvalue weighted by molar-refractivity contribution is 0.0342. The van der Waals surface area contributed by atoms with Gasteiger partial charge in [-0.05, 0) is 71.9 Å². The van der Waals surface area contributed by atoms with E-state index in [1.54, 1.807) is 12.1 Å². The van der Waals surface area contributed by atoms with E-state index >= 15 is 0 Å². The minimum atomic E-state index is -0.977. The van der Waals surface area contributed by atoms with Crippen molar-refractivity contribution in [1.82, 2.24) is 0 Å². The average Bonchev–Trinajstić information content (AvgIpc) is 3.05. The van der Waals surface area contributed by atoms with Crippen molar-refractivity contribution in [2.45, 2.75) is 97.8 Å². The maximum atomic E-state index is 12.3. The van der Waals surface area contributed by atoms with Crippen LogP contribution in [0.5, 0.6) is 5.75 Å². The summed E-state index contributed by atoms with van der Waals surface area (Å²) >= 11 is 5.70. The molecule has 0 bridgehead atoms. The van der Waals surface area contributed by atoms with E-state index in [-0.39, 0.29) is 18.1 Å². The van der Waals surface area contributed by atoms with Gasteiger partial charge in [0, 0.05) is 5.56 Å². The van der Waals surface area contributed by atoms with Gasteiger partial charge in [-0.15, -0.1) is 0 Å². The van der Waals surface area contributed by atoms with E-state index in [4.69, 9.17) is 26.4 Å². The number of hydrogen-bond donors (Lipinski definition) is 0. The zero-order valence-corrected chi connectivity index (χ0v) is 27.5. The summed E-state index contributed by atoms with van der Waals surface area (Å²) in [6.45, 7) is 6.44. The standard InChI is InChI=1S/C38H48O5S/c1-4-6-7-8-9-10-11-12-13-14-17-32-18-15-16-19-35(32)37(44)42-34-26-24-31(25-27-34)30-20-22-33(23-21-30)36(39)43-38(40)41-28-29(3)5-2/h15-16,18-27,29H,4-14,17,28H2,1-3H3/t29-/m0/s1. The van der Waals surface area contributed by atoms with Crippen LogP contribution in [0.25, 0.3) is 11.1 Å². The fraction of sp³-hybridized carbons (Fsp3) is 0.447. The third kappa shape index (κ3) is 12.2. The summed E-state index contributed by atoms with van der Waals surface area (Å²) in [5, 5.41) is 0.478. The molecular weight excluding hydrogens is 568 g/mol. The summed E-state index contributed by atoms with van der Waals surface area (Å²) in [6, 6.07) is 22.8. The van der Waals surface area contributed by atoms with Crippen LogP contribution in [0.2, 0.25) is 0 Å². The summed E-state index contributed by atoms with van der Waals surface area (Å²) in [6.07, 6.45) is 14.1. The number of unbranched alkanes of at least 4 members (excludes halogenated alkanes) is 9. The van der Waals surface area contributed by atoms with Crippen LogP contribution in [0.1, 0.15) is 113 Å². The molecule has 5 nitrogen and oxygen atoms in total. The molecule has 0 aliphatic carbocycles. The Labute approximate surface area is 269 Å². The fourth-order valence-corrected chi connectivity index (χ4v) is 5.20. The molecule has 0 saturated heterocycles. The number of benzene rings is 3.